The van der Waals surface area contributed by atoms with E-state index in [1.54, 1.807) is 0 Å². The summed E-state index contributed by atoms with van der Waals surface area (Å²) in [4.78, 5) is 12.5. The van der Waals surface area contributed by atoms with E-state index in [9.17, 15) is 13.2 Å². The molecule has 31 heavy (non-hydrogen) atoms. The van der Waals surface area contributed by atoms with Gasteiger partial charge in [-0.25, -0.2) is 8.42 Å². The molecule has 0 spiro atoms. The number of hydrogen-bond acceptors (Lipinski definition) is 4. The van der Waals surface area contributed by atoms with Crippen molar-refractivity contribution in [3.05, 3.63) is 58.1 Å². The highest BCUT2D eigenvalue weighted by Crippen LogP contribution is 2.27. The maximum absolute atomic E-state index is 13.1. The van der Waals surface area contributed by atoms with Gasteiger partial charge in [-0.15, -0.1) is 0 Å². The monoisotopic (exact) mass is 464 g/mol. The lowest BCUT2D eigenvalue weighted by molar-refractivity contribution is 0.0946. The van der Waals surface area contributed by atoms with E-state index in [1.807, 2.05) is 32.0 Å². The van der Waals surface area contributed by atoms with Crippen molar-refractivity contribution in [2.75, 3.05) is 26.2 Å². The van der Waals surface area contributed by atoms with E-state index in [0.717, 1.165) is 37.0 Å². The molecule has 0 atom stereocenters. The van der Waals surface area contributed by atoms with Crippen molar-refractivity contribution in [2.24, 2.45) is 0 Å². The van der Waals surface area contributed by atoms with E-state index in [1.165, 1.54) is 28.1 Å². The van der Waals surface area contributed by atoms with Crippen LogP contribution in [0.4, 0.5) is 0 Å². The van der Waals surface area contributed by atoms with E-state index in [4.69, 9.17) is 16.3 Å². The standard InChI is InChI=1S/C23H29ClN2O4S/c1-17-7-9-20(15-18(17)2)30-14-11-25-23(27)19-8-10-21(24)22(16-19)31(28,29)26-12-5-3-4-6-13-26/h7-10,15-16H,3-6,11-14H2,1-2H3,(H,25,27). The molecule has 3 rings (SSSR count). The van der Waals surface area contributed by atoms with Crippen molar-refractivity contribution in [1.29, 1.82) is 0 Å². The van der Waals surface area contributed by atoms with Crippen molar-refractivity contribution in [1.82, 2.24) is 9.62 Å². The lowest BCUT2D eigenvalue weighted by Gasteiger charge is -2.21. The molecule has 8 heteroatoms. The fourth-order valence-electron chi connectivity index (χ4n) is 3.50. The molecule has 2 aromatic carbocycles. The van der Waals surface area contributed by atoms with Gasteiger partial charge in [-0.3, -0.25) is 4.79 Å². The first-order valence-corrected chi connectivity index (χ1v) is 12.4. The van der Waals surface area contributed by atoms with E-state index in [0.29, 0.717) is 26.2 Å². The zero-order valence-corrected chi connectivity index (χ0v) is 19.6. The molecule has 1 amide bonds. The molecule has 168 valence electrons. The quantitative estimate of drug-likeness (QED) is 0.619. The summed E-state index contributed by atoms with van der Waals surface area (Å²) in [5, 5.41) is 2.89. The third-order valence-electron chi connectivity index (χ3n) is 5.51. The maximum Gasteiger partial charge on any atom is 0.251 e. The van der Waals surface area contributed by atoms with Gasteiger partial charge in [0, 0.05) is 18.7 Å². The first-order chi connectivity index (χ1) is 14.8. The minimum Gasteiger partial charge on any atom is -0.492 e. The SMILES string of the molecule is Cc1ccc(OCCNC(=O)c2ccc(Cl)c(S(=O)(=O)N3CCCCCC3)c2)cc1C. The fourth-order valence-corrected chi connectivity index (χ4v) is 5.52. The molecule has 0 unspecified atom stereocenters. The predicted molar refractivity (Wildman–Crippen MR) is 122 cm³/mol. The van der Waals surface area contributed by atoms with Crippen molar-refractivity contribution >= 4 is 27.5 Å². The lowest BCUT2D eigenvalue weighted by Crippen LogP contribution is -2.32. The number of amides is 1. The number of halogens is 1. The molecule has 0 aliphatic carbocycles. The lowest BCUT2D eigenvalue weighted by atomic mass is 10.1. The molecule has 1 aliphatic heterocycles. The largest absolute Gasteiger partial charge is 0.492 e. The first-order valence-electron chi connectivity index (χ1n) is 10.6. The van der Waals surface area contributed by atoms with Crippen LogP contribution in [0.2, 0.25) is 5.02 Å². The van der Waals surface area contributed by atoms with E-state index < -0.39 is 10.0 Å². The zero-order chi connectivity index (χ0) is 22.4. The fraction of sp³-hybridized carbons (Fsp3) is 0.435. The molecule has 0 radical (unpaired) electrons. The van der Waals surface area contributed by atoms with Gasteiger partial charge in [0.2, 0.25) is 10.0 Å². The Bertz CT molecular complexity index is 1030. The summed E-state index contributed by atoms with van der Waals surface area (Å²) in [6.45, 7) is 5.60. The van der Waals surface area contributed by atoms with Gasteiger partial charge in [0.1, 0.15) is 17.3 Å². The highest BCUT2D eigenvalue weighted by atomic mass is 35.5. The molecular weight excluding hydrogens is 436 g/mol. The first kappa shape index (κ1) is 23.6. The topological polar surface area (TPSA) is 75.7 Å². The number of nitrogens with zero attached hydrogens (tertiary/aromatic N) is 1. The Morgan fingerprint density at radius 1 is 1.03 bits per heavy atom. The summed E-state index contributed by atoms with van der Waals surface area (Å²) in [6.07, 6.45) is 3.70. The predicted octanol–water partition coefficient (Wildman–Crippen LogP) is 4.33. The Hall–Kier alpha value is -2.09. The van der Waals surface area contributed by atoms with Crippen LogP contribution in [-0.4, -0.2) is 44.9 Å². The van der Waals surface area contributed by atoms with Crippen LogP contribution in [0.15, 0.2) is 41.3 Å². The molecule has 0 saturated carbocycles. The van der Waals surface area contributed by atoms with E-state index in [2.05, 4.69) is 5.32 Å². The molecule has 2 aromatic rings. The summed E-state index contributed by atoms with van der Waals surface area (Å²) in [6, 6.07) is 10.2. The van der Waals surface area contributed by atoms with Gasteiger partial charge in [-0.2, -0.15) is 4.31 Å². The number of carbonyl (C=O) groups excluding carboxylic acids is 1. The highest BCUT2D eigenvalue weighted by molar-refractivity contribution is 7.89. The second-order valence-electron chi connectivity index (χ2n) is 7.81. The van der Waals surface area contributed by atoms with Gasteiger partial charge in [0.25, 0.3) is 5.91 Å². The Balaban J connectivity index is 1.63. The Labute approximate surface area is 189 Å². The number of ether oxygens (including phenoxy) is 1. The van der Waals surface area contributed by atoms with Gasteiger partial charge in [0.05, 0.1) is 11.6 Å². The number of sulfonamides is 1. The molecule has 0 aromatic heterocycles. The Morgan fingerprint density at radius 2 is 1.74 bits per heavy atom. The van der Waals surface area contributed by atoms with Crippen molar-refractivity contribution < 1.29 is 17.9 Å². The van der Waals surface area contributed by atoms with Crippen LogP contribution >= 0.6 is 11.6 Å². The van der Waals surface area contributed by atoms with Crippen LogP contribution in [0.5, 0.6) is 5.75 Å². The second kappa shape index (κ2) is 10.5. The van der Waals surface area contributed by atoms with Crippen LogP contribution in [-0.2, 0) is 10.0 Å². The zero-order valence-electron chi connectivity index (χ0n) is 18.0. The van der Waals surface area contributed by atoms with Crippen LogP contribution in [0, 0.1) is 13.8 Å². The summed E-state index contributed by atoms with van der Waals surface area (Å²) in [5.41, 5.74) is 2.58. The van der Waals surface area contributed by atoms with Gasteiger partial charge < -0.3 is 10.1 Å². The van der Waals surface area contributed by atoms with Gasteiger partial charge in [0.15, 0.2) is 0 Å². The second-order valence-corrected chi connectivity index (χ2v) is 10.1. The number of carbonyl (C=O) groups is 1. The molecule has 1 N–H and O–H groups in total. The summed E-state index contributed by atoms with van der Waals surface area (Å²) in [5.74, 6) is 0.377. The van der Waals surface area contributed by atoms with Crippen molar-refractivity contribution in [2.45, 2.75) is 44.4 Å². The number of nitrogens with one attached hydrogen (secondary N) is 1. The van der Waals surface area contributed by atoms with Gasteiger partial charge in [-0.1, -0.05) is 30.5 Å². The number of hydrogen-bond donors (Lipinski definition) is 1. The van der Waals surface area contributed by atoms with E-state index >= 15 is 0 Å². The highest BCUT2D eigenvalue weighted by Gasteiger charge is 2.28. The molecule has 1 aliphatic rings. The Kier molecular flexibility index (Phi) is 7.97. The third-order valence-corrected chi connectivity index (χ3v) is 7.89. The summed E-state index contributed by atoms with van der Waals surface area (Å²) in [7, 11) is -3.74. The number of aryl methyl sites for hydroxylation is 2. The van der Waals surface area contributed by atoms with Crippen molar-refractivity contribution in [3.8, 4) is 5.75 Å². The Morgan fingerprint density at radius 3 is 2.42 bits per heavy atom. The normalized spacial score (nSPS) is 15.3. The van der Waals surface area contributed by atoms with Crippen LogP contribution < -0.4 is 10.1 Å². The molecule has 1 fully saturated rings. The third kappa shape index (κ3) is 5.99. The van der Waals surface area contributed by atoms with Crippen LogP contribution in [0.1, 0.15) is 47.2 Å². The van der Waals surface area contributed by atoms with Crippen LogP contribution in [0.25, 0.3) is 0 Å². The number of benzene rings is 2. The molecule has 0 bridgehead atoms. The van der Waals surface area contributed by atoms with Crippen LogP contribution in [0.3, 0.4) is 0 Å². The summed E-state index contributed by atoms with van der Waals surface area (Å²) < 4.78 is 33.3. The molecular formula is C23H29ClN2O4S. The van der Waals surface area contributed by atoms with E-state index in [-0.39, 0.29) is 21.4 Å². The average molecular weight is 465 g/mol. The minimum atomic E-state index is -3.74. The van der Waals surface area contributed by atoms with Crippen molar-refractivity contribution in [3.63, 3.8) is 0 Å². The smallest absolute Gasteiger partial charge is 0.251 e. The van der Waals surface area contributed by atoms with Gasteiger partial charge in [-0.05, 0) is 68.1 Å². The summed E-state index contributed by atoms with van der Waals surface area (Å²) >= 11 is 6.21. The maximum atomic E-state index is 13.1. The van der Waals surface area contributed by atoms with Gasteiger partial charge >= 0.3 is 0 Å². The molecule has 6 nitrogen and oxygen atoms in total. The molecule has 1 heterocycles. The number of rotatable bonds is 7. The molecule has 1 saturated heterocycles. The minimum absolute atomic E-state index is 0.0184. The average Bonchev–Trinajstić information content (AvgIpc) is 3.04.